The third kappa shape index (κ3) is 7.58. The molecule has 0 aromatic heterocycles. The molecule has 1 aliphatic heterocycles. The third-order valence-electron chi connectivity index (χ3n) is 5.12. The number of rotatable bonds is 9. The van der Waals surface area contributed by atoms with Crippen molar-refractivity contribution in [1.29, 1.82) is 0 Å². The van der Waals surface area contributed by atoms with E-state index in [-0.39, 0.29) is 35.8 Å². The minimum atomic E-state index is 0. The molecule has 32 heavy (non-hydrogen) atoms. The van der Waals surface area contributed by atoms with Gasteiger partial charge in [-0.25, -0.2) is 0 Å². The van der Waals surface area contributed by atoms with Gasteiger partial charge in [-0.3, -0.25) is 9.79 Å². The number of amides is 1. The molecule has 2 unspecified atom stereocenters. The standard InChI is InChI=1S/C24H32N4O2S.HI/c1-4-25-24(26-14-17(2)16-31-22-12-8-7-11-21(22)30-3)27-15-18-13-23(29)28-20-10-6-5-9-19(18)20;/h5-12,17-18H,4,13-16H2,1-3H3,(H,28,29)(H2,25,26,27);1H. The van der Waals surface area contributed by atoms with E-state index in [9.17, 15) is 4.79 Å². The quantitative estimate of drug-likeness (QED) is 0.177. The van der Waals surface area contributed by atoms with Crippen molar-refractivity contribution in [3.05, 3.63) is 54.1 Å². The normalized spacial score (nSPS) is 16.3. The fourth-order valence-corrected chi connectivity index (χ4v) is 4.55. The SMILES string of the molecule is CCNC(=NCC(C)CSc1ccccc1OC)NCC1CC(=O)Nc2ccccc21.I. The molecule has 3 rings (SSSR count). The zero-order chi connectivity index (χ0) is 22.1. The van der Waals surface area contributed by atoms with E-state index in [2.05, 4.69) is 41.9 Å². The molecule has 6 nitrogen and oxygen atoms in total. The van der Waals surface area contributed by atoms with Gasteiger partial charge in [0, 0.05) is 48.3 Å². The number of carbonyl (C=O) groups excluding carboxylic acids is 1. The number of fused-ring (bicyclic) bond motifs is 1. The number of ether oxygens (including phenoxy) is 1. The summed E-state index contributed by atoms with van der Waals surface area (Å²) < 4.78 is 5.43. The van der Waals surface area contributed by atoms with Gasteiger partial charge < -0.3 is 20.7 Å². The summed E-state index contributed by atoms with van der Waals surface area (Å²) in [7, 11) is 1.70. The van der Waals surface area contributed by atoms with Crippen LogP contribution in [0, 0.1) is 5.92 Å². The molecular weight excluding hydrogens is 535 g/mol. The summed E-state index contributed by atoms with van der Waals surface area (Å²) in [6, 6.07) is 16.1. The molecule has 0 spiro atoms. The number of para-hydroxylation sites is 2. The number of carbonyl (C=O) groups is 1. The van der Waals surface area contributed by atoms with Crippen LogP contribution in [-0.4, -0.2) is 44.4 Å². The molecule has 0 radical (unpaired) electrons. The molecule has 174 valence electrons. The maximum absolute atomic E-state index is 12.1. The van der Waals surface area contributed by atoms with E-state index in [0.717, 1.165) is 41.1 Å². The van der Waals surface area contributed by atoms with Crippen molar-refractivity contribution >= 4 is 53.3 Å². The third-order valence-corrected chi connectivity index (χ3v) is 6.50. The van der Waals surface area contributed by atoms with Gasteiger partial charge >= 0.3 is 0 Å². The summed E-state index contributed by atoms with van der Waals surface area (Å²) in [6.45, 7) is 6.44. The molecule has 8 heteroatoms. The topological polar surface area (TPSA) is 74.8 Å². The van der Waals surface area contributed by atoms with E-state index >= 15 is 0 Å². The van der Waals surface area contributed by atoms with Crippen LogP contribution in [0.15, 0.2) is 58.4 Å². The Labute approximate surface area is 212 Å². The monoisotopic (exact) mass is 568 g/mol. The van der Waals surface area contributed by atoms with E-state index in [1.165, 1.54) is 5.56 Å². The number of anilines is 1. The minimum absolute atomic E-state index is 0. The highest BCUT2D eigenvalue weighted by atomic mass is 127. The summed E-state index contributed by atoms with van der Waals surface area (Å²) >= 11 is 1.79. The smallest absolute Gasteiger partial charge is 0.225 e. The lowest BCUT2D eigenvalue weighted by Gasteiger charge is -2.26. The first-order chi connectivity index (χ1) is 15.1. The van der Waals surface area contributed by atoms with Crippen molar-refractivity contribution in [3.8, 4) is 5.75 Å². The van der Waals surface area contributed by atoms with Gasteiger partial charge in [0.15, 0.2) is 5.96 Å². The highest BCUT2D eigenvalue weighted by Crippen LogP contribution is 2.31. The number of benzene rings is 2. The summed E-state index contributed by atoms with van der Waals surface area (Å²) in [5.41, 5.74) is 2.08. The van der Waals surface area contributed by atoms with Crippen LogP contribution in [-0.2, 0) is 4.79 Å². The first-order valence-corrected chi connectivity index (χ1v) is 11.8. The lowest BCUT2D eigenvalue weighted by atomic mass is 9.90. The molecular formula is C24H33IN4O2S. The lowest BCUT2D eigenvalue weighted by molar-refractivity contribution is -0.116. The van der Waals surface area contributed by atoms with Crippen LogP contribution in [0.5, 0.6) is 5.75 Å². The molecule has 0 saturated heterocycles. The van der Waals surface area contributed by atoms with E-state index in [1.807, 2.05) is 36.4 Å². The largest absolute Gasteiger partial charge is 0.496 e. The fraction of sp³-hybridized carbons (Fsp3) is 0.417. The Morgan fingerprint density at radius 2 is 1.97 bits per heavy atom. The highest BCUT2D eigenvalue weighted by molar-refractivity contribution is 14.0. The van der Waals surface area contributed by atoms with Gasteiger partial charge in [0.1, 0.15) is 5.75 Å². The number of thioether (sulfide) groups is 1. The summed E-state index contributed by atoms with van der Waals surface area (Å²) in [4.78, 5) is 18.0. The summed E-state index contributed by atoms with van der Waals surface area (Å²) in [5, 5.41) is 9.70. The Morgan fingerprint density at radius 3 is 2.75 bits per heavy atom. The Kier molecular flexibility index (Phi) is 11.2. The van der Waals surface area contributed by atoms with Crippen LogP contribution in [0.25, 0.3) is 0 Å². The van der Waals surface area contributed by atoms with Gasteiger partial charge in [-0.05, 0) is 36.6 Å². The number of nitrogens with zero attached hydrogens (tertiary/aromatic N) is 1. The molecule has 0 bridgehead atoms. The van der Waals surface area contributed by atoms with Gasteiger partial charge in [-0.15, -0.1) is 35.7 Å². The van der Waals surface area contributed by atoms with Crippen LogP contribution in [0.4, 0.5) is 5.69 Å². The Morgan fingerprint density at radius 1 is 1.22 bits per heavy atom. The summed E-state index contributed by atoms with van der Waals surface area (Å²) in [6.07, 6.45) is 0.482. The molecule has 1 aliphatic rings. The van der Waals surface area contributed by atoms with Crippen molar-refractivity contribution < 1.29 is 9.53 Å². The number of nitrogens with one attached hydrogen (secondary N) is 3. The van der Waals surface area contributed by atoms with Gasteiger partial charge in [0.2, 0.25) is 5.91 Å². The van der Waals surface area contributed by atoms with Crippen molar-refractivity contribution in [2.75, 3.05) is 37.8 Å². The van der Waals surface area contributed by atoms with Crippen LogP contribution in [0.1, 0.15) is 31.7 Å². The Hall–Kier alpha value is -1.94. The molecule has 1 heterocycles. The number of hydrogen-bond acceptors (Lipinski definition) is 4. The maximum atomic E-state index is 12.1. The number of hydrogen-bond donors (Lipinski definition) is 3. The van der Waals surface area contributed by atoms with Gasteiger partial charge in [0.25, 0.3) is 0 Å². The Balaban J connectivity index is 0.00000363. The highest BCUT2D eigenvalue weighted by Gasteiger charge is 2.24. The predicted octanol–water partition coefficient (Wildman–Crippen LogP) is 4.72. The molecule has 0 aliphatic carbocycles. The van der Waals surface area contributed by atoms with E-state index in [4.69, 9.17) is 9.73 Å². The number of aliphatic imine (C=N–C) groups is 1. The first-order valence-electron chi connectivity index (χ1n) is 10.8. The second-order valence-corrected chi connectivity index (χ2v) is 8.77. The van der Waals surface area contributed by atoms with Crippen molar-refractivity contribution in [3.63, 3.8) is 0 Å². The van der Waals surface area contributed by atoms with Crippen molar-refractivity contribution in [2.45, 2.75) is 31.1 Å². The first kappa shape index (κ1) is 26.3. The fourth-order valence-electron chi connectivity index (χ4n) is 3.52. The van der Waals surface area contributed by atoms with E-state index in [0.29, 0.717) is 18.9 Å². The average molecular weight is 569 g/mol. The van der Waals surface area contributed by atoms with Crippen molar-refractivity contribution in [2.24, 2.45) is 10.9 Å². The van der Waals surface area contributed by atoms with E-state index < -0.39 is 0 Å². The van der Waals surface area contributed by atoms with Gasteiger partial charge in [-0.2, -0.15) is 0 Å². The predicted molar refractivity (Wildman–Crippen MR) is 145 cm³/mol. The minimum Gasteiger partial charge on any atom is -0.496 e. The maximum Gasteiger partial charge on any atom is 0.225 e. The average Bonchev–Trinajstić information content (AvgIpc) is 2.79. The number of halogens is 1. The number of guanidine groups is 1. The van der Waals surface area contributed by atoms with E-state index in [1.54, 1.807) is 18.9 Å². The molecule has 0 saturated carbocycles. The van der Waals surface area contributed by atoms with Crippen LogP contribution >= 0.6 is 35.7 Å². The zero-order valence-corrected chi connectivity index (χ0v) is 22.0. The lowest BCUT2D eigenvalue weighted by Crippen LogP contribution is -2.41. The molecule has 3 N–H and O–H groups in total. The second kappa shape index (κ2) is 13.6. The summed E-state index contributed by atoms with van der Waals surface area (Å²) in [5.74, 6) is 3.27. The Bertz CT molecular complexity index is 909. The van der Waals surface area contributed by atoms with Gasteiger partial charge in [-0.1, -0.05) is 37.3 Å². The zero-order valence-electron chi connectivity index (χ0n) is 18.9. The molecule has 2 aromatic rings. The molecule has 0 fully saturated rings. The van der Waals surface area contributed by atoms with Crippen LogP contribution in [0.3, 0.4) is 0 Å². The van der Waals surface area contributed by atoms with Crippen LogP contribution in [0.2, 0.25) is 0 Å². The van der Waals surface area contributed by atoms with Gasteiger partial charge in [0.05, 0.1) is 7.11 Å². The molecule has 1 amide bonds. The molecule has 2 aromatic carbocycles. The second-order valence-electron chi connectivity index (χ2n) is 7.70. The van der Waals surface area contributed by atoms with Crippen molar-refractivity contribution in [1.82, 2.24) is 10.6 Å². The molecule has 2 atom stereocenters. The number of methoxy groups -OCH3 is 1. The van der Waals surface area contributed by atoms with Crippen LogP contribution < -0.4 is 20.7 Å².